The van der Waals surface area contributed by atoms with Crippen LogP contribution in [0.5, 0.6) is 0 Å². The number of terminal acetylenes is 1. The number of hydrogen-bond donors (Lipinski definition) is 0. The molecule has 2 heteroatoms. The van der Waals surface area contributed by atoms with Gasteiger partial charge in [0.2, 0.25) is 0 Å². The molecule has 1 aromatic rings. The minimum absolute atomic E-state index is 0.243. The monoisotopic (exact) mass is 196 g/mol. The lowest BCUT2D eigenvalue weighted by molar-refractivity contribution is 0.803. The summed E-state index contributed by atoms with van der Waals surface area (Å²) >= 11 is 3.46. The van der Waals surface area contributed by atoms with E-state index in [4.69, 9.17) is 6.42 Å². The molecule has 0 amide bonds. The van der Waals surface area contributed by atoms with Crippen molar-refractivity contribution in [3.05, 3.63) is 16.3 Å². The zero-order valence-corrected chi connectivity index (χ0v) is 9.18. The number of rotatable bonds is 1. The molecule has 0 saturated heterocycles. The summed E-state index contributed by atoms with van der Waals surface area (Å²) in [6.07, 6.45) is 5.36. The van der Waals surface area contributed by atoms with E-state index in [1.54, 1.807) is 11.3 Å². The van der Waals surface area contributed by atoms with Gasteiger partial charge in [-0.25, -0.2) is 0 Å². The van der Waals surface area contributed by atoms with Crippen LogP contribution < -0.4 is 0 Å². The molecule has 0 aromatic carbocycles. The SMILES string of the molecule is C#Cc1sccc1SC(C)(C)C. The van der Waals surface area contributed by atoms with Crippen LogP contribution in [0.2, 0.25) is 0 Å². The van der Waals surface area contributed by atoms with Gasteiger partial charge in [-0.1, -0.05) is 26.7 Å². The van der Waals surface area contributed by atoms with Crippen molar-refractivity contribution in [2.45, 2.75) is 30.4 Å². The van der Waals surface area contributed by atoms with E-state index in [0.717, 1.165) is 4.88 Å². The molecule has 1 heterocycles. The molecule has 0 fully saturated rings. The number of thioether (sulfide) groups is 1. The van der Waals surface area contributed by atoms with Crippen molar-refractivity contribution >= 4 is 23.1 Å². The third-order valence-electron chi connectivity index (χ3n) is 1.18. The maximum Gasteiger partial charge on any atom is 0.0901 e. The Morgan fingerprint density at radius 2 is 2.17 bits per heavy atom. The molecule has 0 saturated carbocycles. The summed E-state index contributed by atoms with van der Waals surface area (Å²) in [5.41, 5.74) is 0. The highest BCUT2D eigenvalue weighted by molar-refractivity contribution is 8.00. The van der Waals surface area contributed by atoms with Gasteiger partial charge in [-0.05, 0) is 11.4 Å². The van der Waals surface area contributed by atoms with Crippen LogP contribution in [0.25, 0.3) is 0 Å². The smallest absolute Gasteiger partial charge is 0.0901 e. The van der Waals surface area contributed by atoms with E-state index >= 15 is 0 Å². The van der Waals surface area contributed by atoms with Crippen LogP contribution in [-0.4, -0.2) is 4.75 Å². The Bertz CT molecular complexity index is 296. The maximum atomic E-state index is 5.36. The van der Waals surface area contributed by atoms with Crippen molar-refractivity contribution < 1.29 is 0 Å². The molecule has 0 spiro atoms. The van der Waals surface area contributed by atoms with Crippen LogP contribution >= 0.6 is 23.1 Å². The standard InChI is InChI=1S/C10H12S2/c1-5-8-9(6-7-11-8)12-10(2,3)4/h1,6-7H,2-4H3. The van der Waals surface area contributed by atoms with Gasteiger partial charge in [-0.2, -0.15) is 0 Å². The van der Waals surface area contributed by atoms with Crippen molar-refractivity contribution in [1.82, 2.24) is 0 Å². The highest BCUT2D eigenvalue weighted by Crippen LogP contribution is 2.35. The fourth-order valence-electron chi connectivity index (χ4n) is 0.813. The van der Waals surface area contributed by atoms with Gasteiger partial charge < -0.3 is 0 Å². The van der Waals surface area contributed by atoms with Crippen molar-refractivity contribution in [2.75, 3.05) is 0 Å². The van der Waals surface area contributed by atoms with E-state index in [-0.39, 0.29) is 4.75 Å². The number of hydrogen-bond acceptors (Lipinski definition) is 2. The van der Waals surface area contributed by atoms with E-state index in [1.807, 2.05) is 17.1 Å². The van der Waals surface area contributed by atoms with Crippen LogP contribution in [-0.2, 0) is 0 Å². The minimum atomic E-state index is 0.243. The molecule has 12 heavy (non-hydrogen) atoms. The van der Waals surface area contributed by atoms with Gasteiger partial charge in [0.25, 0.3) is 0 Å². The van der Waals surface area contributed by atoms with Gasteiger partial charge in [-0.15, -0.1) is 29.5 Å². The van der Waals surface area contributed by atoms with E-state index in [9.17, 15) is 0 Å². The Kier molecular flexibility index (Phi) is 2.87. The molecule has 0 aliphatic carbocycles. The topological polar surface area (TPSA) is 0 Å². The number of thiophene rings is 1. The molecule has 64 valence electrons. The van der Waals surface area contributed by atoms with E-state index in [2.05, 4.69) is 32.8 Å². The second-order valence-electron chi connectivity index (χ2n) is 3.47. The molecule has 0 aliphatic heterocycles. The molecule has 1 rings (SSSR count). The quantitative estimate of drug-likeness (QED) is 0.488. The molecule has 1 aromatic heterocycles. The fraction of sp³-hybridized carbons (Fsp3) is 0.400. The Labute approximate surface area is 82.4 Å². The summed E-state index contributed by atoms with van der Waals surface area (Å²) in [7, 11) is 0. The van der Waals surface area contributed by atoms with Crippen molar-refractivity contribution in [2.24, 2.45) is 0 Å². The average molecular weight is 196 g/mol. The summed E-state index contributed by atoms with van der Waals surface area (Å²) in [4.78, 5) is 2.28. The van der Waals surface area contributed by atoms with E-state index in [0.29, 0.717) is 0 Å². The lowest BCUT2D eigenvalue weighted by Gasteiger charge is -2.16. The lowest BCUT2D eigenvalue weighted by atomic mass is 10.3. The highest BCUT2D eigenvalue weighted by Gasteiger charge is 2.14. The molecular formula is C10H12S2. The summed E-state index contributed by atoms with van der Waals surface area (Å²) < 4.78 is 0.243. The van der Waals surface area contributed by atoms with Gasteiger partial charge in [0.1, 0.15) is 0 Å². The molecule has 0 aliphatic rings. The zero-order valence-electron chi connectivity index (χ0n) is 7.55. The van der Waals surface area contributed by atoms with Crippen LogP contribution in [0.3, 0.4) is 0 Å². The Balaban J connectivity index is 2.84. The first kappa shape index (κ1) is 9.70. The fourth-order valence-corrected chi connectivity index (χ4v) is 2.71. The lowest BCUT2D eigenvalue weighted by Crippen LogP contribution is -2.06. The van der Waals surface area contributed by atoms with Crippen molar-refractivity contribution in [3.8, 4) is 12.3 Å². The summed E-state index contributed by atoms with van der Waals surface area (Å²) in [5.74, 6) is 2.70. The molecule has 0 radical (unpaired) electrons. The van der Waals surface area contributed by atoms with Crippen LogP contribution in [0, 0.1) is 12.3 Å². The molecule has 0 N–H and O–H groups in total. The highest BCUT2D eigenvalue weighted by atomic mass is 32.2. The first-order valence-electron chi connectivity index (χ1n) is 3.76. The third kappa shape index (κ3) is 2.58. The third-order valence-corrected chi connectivity index (χ3v) is 3.32. The van der Waals surface area contributed by atoms with Crippen molar-refractivity contribution in [3.63, 3.8) is 0 Å². The molecule has 0 nitrogen and oxygen atoms in total. The molecule has 0 unspecified atom stereocenters. The molecule has 0 atom stereocenters. The Morgan fingerprint density at radius 1 is 1.50 bits per heavy atom. The maximum absolute atomic E-state index is 5.36. The average Bonchev–Trinajstić information content (AvgIpc) is 2.31. The predicted molar refractivity (Wildman–Crippen MR) is 57.9 cm³/mol. The van der Waals surface area contributed by atoms with E-state index in [1.165, 1.54) is 4.90 Å². The minimum Gasteiger partial charge on any atom is -0.134 e. The Hall–Kier alpha value is -0.390. The van der Waals surface area contributed by atoms with Gasteiger partial charge in [0, 0.05) is 9.64 Å². The van der Waals surface area contributed by atoms with Gasteiger partial charge >= 0.3 is 0 Å². The van der Waals surface area contributed by atoms with Crippen LogP contribution in [0.4, 0.5) is 0 Å². The second kappa shape index (κ2) is 3.55. The van der Waals surface area contributed by atoms with Gasteiger partial charge in [0.15, 0.2) is 0 Å². The summed E-state index contributed by atoms with van der Waals surface area (Å²) in [6, 6.07) is 2.09. The Morgan fingerprint density at radius 3 is 2.67 bits per heavy atom. The predicted octanol–water partition coefficient (Wildman–Crippen LogP) is 3.62. The second-order valence-corrected chi connectivity index (χ2v) is 6.26. The first-order chi connectivity index (χ1) is 5.53. The zero-order chi connectivity index (χ0) is 9.19. The largest absolute Gasteiger partial charge is 0.134 e. The molecular weight excluding hydrogens is 184 g/mol. The van der Waals surface area contributed by atoms with Gasteiger partial charge in [0.05, 0.1) is 4.88 Å². The molecule has 0 bridgehead atoms. The summed E-state index contributed by atoms with van der Waals surface area (Å²) in [6.45, 7) is 6.57. The summed E-state index contributed by atoms with van der Waals surface area (Å²) in [5, 5.41) is 2.04. The van der Waals surface area contributed by atoms with Crippen molar-refractivity contribution in [1.29, 1.82) is 0 Å². The first-order valence-corrected chi connectivity index (χ1v) is 5.45. The van der Waals surface area contributed by atoms with Crippen LogP contribution in [0.1, 0.15) is 25.6 Å². The van der Waals surface area contributed by atoms with E-state index < -0.39 is 0 Å². The normalized spacial score (nSPS) is 11.2. The van der Waals surface area contributed by atoms with Crippen LogP contribution in [0.15, 0.2) is 16.3 Å². The van der Waals surface area contributed by atoms with Gasteiger partial charge in [-0.3, -0.25) is 0 Å².